The number of aliphatic hydroxyl groups excluding tert-OH is 1. The molecule has 0 aromatic heterocycles. The van der Waals surface area contributed by atoms with Crippen molar-refractivity contribution in [3.63, 3.8) is 0 Å². The van der Waals surface area contributed by atoms with Crippen molar-refractivity contribution in [2.24, 2.45) is 11.8 Å². The first kappa shape index (κ1) is 12.2. The molecule has 2 rings (SSSR count). The maximum atomic E-state index is 9.29. The number of hydrogen-bond acceptors (Lipinski definition) is 3. The molecule has 3 heteroatoms. The van der Waals surface area contributed by atoms with E-state index in [4.69, 9.17) is 5.73 Å². The predicted molar refractivity (Wildman–Crippen MR) is 72.0 cm³/mol. The fraction of sp³-hybridized carbons (Fsp3) is 0.571. The van der Waals surface area contributed by atoms with E-state index < -0.39 is 0 Å². The van der Waals surface area contributed by atoms with Gasteiger partial charge < -0.3 is 16.2 Å². The summed E-state index contributed by atoms with van der Waals surface area (Å²) in [5.41, 5.74) is 9.01. The number of rotatable bonds is 4. The van der Waals surface area contributed by atoms with Crippen LogP contribution in [0.3, 0.4) is 0 Å². The molecular formula is C14H22N2O. The molecule has 3 nitrogen and oxygen atoms in total. The average Bonchev–Trinajstić information content (AvgIpc) is 2.76. The van der Waals surface area contributed by atoms with E-state index >= 15 is 0 Å². The zero-order valence-corrected chi connectivity index (χ0v) is 10.4. The van der Waals surface area contributed by atoms with Gasteiger partial charge >= 0.3 is 0 Å². The first-order chi connectivity index (χ1) is 8.22. The second-order valence-electron chi connectivity index (χ2n) is 5.05. The third kappa shape index (κ3) is 2.72. The lowest BCUT2D eigenvalue weighted by molar-refractivity contribution is 0.199. The van der Waals surface area contributed by atoms with Gasteiger partial charge in [-0.1, -0.05) is 18.6 Å². The lowest BCUT2D eigenvalue weighted by Crippen LogP contribution is -2.21. The normalized spacial score (nSPS) is 23.9. The van der Waals surface area contributed by atoms with Crippen molar-refractivity contribution in [3.8, 4) is 0 Å². The average molecular weight is 234 g/mol. The Bertz CT molecular complexity index is 358. The molecule has 17 heavy (non-hydrogen) atoms. The molecule has 1 aromatic carbocycles. The molecule has 1 fully saturated rings. The molecule has 0 amide bonds. The van der Waals surface area contributed by atoms with Crippen LogP contribution in [0.1, 0.15) is 24.8 Å². The molecule has 2 atom stereocenters. The molecular weight excluding hydrogens is 212 g/mol. The Morgan fingerprint density at radius 1 is 1.35 bits per heavy atom. The molecule has 0 bridgehead atoms. The van der Waals surface area contributed by atoms with Gasteiger partial charge in [0.05, 0.1) is 11.4 Å². The van der Waals surface area contributed by atoms with Crippen LogP contribution in [0.2, 0.25) is 0 Å². The summed E-state index contributed by atoms with van der Waals surface area (Å²) in [5.74, 6) is 1.05. The number of nitrogen functional groups attached to an aromatic ring is 1. The number of nitrogens with one attached hydrogen (secondary N) is 1. The molecule has 4 N–H and O–H groups in total. The lowest BCUT2D eigenvalue weighted by atomic mass is 9.96. The fourth-order valence-corrected chi connectivity index (χ4v) is 2.79. The van der Waals surface area contributed by atoms with Crippen LogP contribution in [0.15, 0.2) is 18.2 Å². The summed E-state index contributed by atoms with van der Waals surface area (Å²) >= 11 is 0. The van der Waals surface area contributed by atoms with Gasteiger partial charge in [0.2, 0.25) is 0 Å². The number of para-hydroxylation sites is 1. The topological polar surface area (TPSA) is 58.3 Å². The number of aryl methyl sites for hydroxylation is 1. The van der Waals surface area contributed by atoms with E-state index in [9.17, 15) is 5.11 Å². The Morgan fingerprint density at radius 3 is 2.82 bits per heavy atom. The van der Waals surface area contributed by atoms with Gasteiger partial charge in [0, 0.05) is 13.2 Å². The third-order valence-corrected chi connectivity index (χ3v) is 3.90. The van der Waals surface area contributed by atoms with Crippen LogP contribution < -0.4 is 11.1 Å². The number of hydrogen-bond donors (Lipinski definition) is 3. The molecule has 1 saturated carbocycles. The highest BCUT2D eigenvalue weighted by molar-refractivity contribution is 5.69. The maximum absolute atomic E-state index is 9.29. The minimum atomic E-state index is 0.315. The molecule has 94 valence electrons. The third-order valence-electron chi connectivity index (χ3n) is 3.90. The van der Waals surface area contributed by atoms with Crippen LogP contribution in [0.25, 0.3) is 0 Å². The van der Waals surface area contributed by atoms with Gasteiger partial charge in [0.25, 0.3) is 0 Å². The summed E-state index contributed by atoms with van der Waals surface area (Å²) in [6.07, 6.45) is 3.61. The van der Waals surface area contributed by atoms with Crippen molar-refractivity contribution in [1.29, 1.82) is 0 Å². The van der Waals surface area contributed by atoms with Crippen molar-refractivity contribution < 1.29 is 5.11 Å². The lowest BCUT2D eigenvalue weighted by Gasteiger charge is -2.20. The Kier molecular flexibility index (Phi) is 3.89. The molecule has 0 heterocycles. The summed E-state index contributed by atoms with van der Waals surface area (Å²) < 4.78 is 0. The second-order valence-corrected chi connectivity index (χ2v) is 5.05. The molecule has 1 aromatic rings. The van der Waals surface area contributed by atoms with Crippen LogP contribution in [0.5, 0.6) is 0 Å². The Hall–Kier alpha value is -1.22. The van der Waals surface area contributed by atoms with Crippen LogP contribution in [0.4, 0.5) is 11.4 Å². The summed E-state index contributed by atoms with van der Waals surface area (Å²) in [7, 11) is 0. The van der Waals surface area contributed by atoms with E-state index in [-0.39, 0.29) is 0 Å². The summed E-state index contributed by atoms with van der Waals surface area (Å²) in [6.45, 7) is 3.30. The number of aliphatic hydroxyl groups is 1. The summed E-state index contributed by atoms with van der Waals surface area (Å²) in [5, 5.41) is 12.7. The highest BCUT2D eigenvalue weighted by Gasteiger charge is 2.26. The Morgan fingerprint density at radius 2 is 2.12 bits per heavy atom. The summed E-state index contributed by atoms with van der Waals surface area (Å²) in [6, 6.07) is 5.96. The summed E-state index contributed by atoms with van der Waals surface area (Å²) in [4.78, 5) is 0. The smallest absolute Gasteiger partial charge is 0.0603 e. The standard InChI is InChI=1S/C14H22N2O/c1-10-4-2-7-13(15)14(10)16-8-11-5-3-6-12(11)9-17/h2,4,7,11-12,16-17H,3,5-6,8-9,15H2,1H3. The monoisotopic (exact) mass is 234 g/mol. The van der Waals surface area contributed by atoms with Gasteiger partial charge in [-0.25, -0.2) is 0 Å². The molecule has 2 unspecified atom stereocenters. The van der Waals surface area contributed by atoms with Gasteiger partial charge in [-0.05, 0) is 43.2 Å². The van der Waals surface area contributed by atoms with Crippen LogP contribution in [-0.2, 0) is 0 Å². The molecule has 0 radical (unpaired) electrons. The van der Waals surface area contributed by atoms with Gasteiger partial charge in [0.15, 0.2) is 0 Å². The predicted octanol–water partition coefficient (Wildman–Crippen LogP) is 2.40. The van der Waals surface area contributed by atoms with E-state index in [1.807, 2.05) is 12.1 Å². The molecule has 0 spiro atoms. The van der Waals surface area contributed by atoms with Crippen molar-refractivity contribution in [1.82, 2.24) is 0 Å². The van der Waals surface area contributed by atoms with E-state index in [1.54, 1.807) is 0 Å². The first-order valence-electron chi connectivity index (χ1n) is 6.42. The van der Waals surface area contributed by atoms with Crippen LogP contribution in [0, 0.1) is 18.8 Å². The second kappa shape index (κ2) is 5.41. The molecule has 1 aliphatic carbocycles. The molecule has 0 aliphatic heterocycles. The fourth-order valence-electron chi connectivity index (χ4n) is 2.79. The maximum Gasteiger partial charge on any atom is 0.0603 e. The van der Waals surface area contributed by atoms with Crippen molar-refractivity contribution in [2.45, 2.75) is 26.2 Å². The molecule has 1 aliphatic rings. The van der Waals surface area contributed by atoms with Crippen LogP contribution in [-0.4, -0.2) is 18.3 Å². The van der Waals surface area contributed by atoms with E-state index in [1.165, 1.54) is 18.4 Å². The minimum absolute atomic E-state index is 0.315. The van der Waals surface area contributed by atoms with Gasteiger partial charge in [-0.3, -0.25) is 0 Å². The SMILES string of the molecule is Cc1cccc(N)c1NCC1CCCC1CO. The Labute approximate surface area is 103 Å². The first-order valence-corrected chi connectivity index (χ1v) is 6.42. The van der Waals surface area contributed by atoms with Gasteiger partial charge in [-0.15, -0.1) is 0 Å². The van der Waals surface area contributed by atoms with Gasteiger partial charge in [-0.2, -0.15) is 0 Å². The largest absolute Gasteiger partial charge is 0.397 e. The van der Waals surface area contributed by atoms with Gasteiger partial charge in [0.1, 0.15) is 0 Å². The van der Waals surface area contributed by atoms with E-state index in [2.05, 4.69) is 18.3 Å². The highest BCUT2D eigenvalue weighted by atomic mass is 16.3. The van der Waals surface area contributed by atoms with Crippen molar-refractivity contribution in [3.05, 3.63) is 23.8 Å². The van der Waals surface area contributed by atoms with Crippen molar-refractivity contribution >= 4 is 11.4 Å². The van der Waals surface area contributed by atoms with Crippen LogP contribution >= 0.6 is 0 Å². The zero-order valence-electron chi connectivity index (χ0n) is 10.4. The number of benzene rings is 1. The molecule has 0 saturated heterocycles. The number of anilines is 2. The highest BCUT2D eigenvalue weighted by Crippen LogP contribution is 2.32. The van der Waals surface area contributed by atoms with E-state index in [0.717, 1.165) is 24.3 Å². The van der Waals surface area contributed by atoms with E-state index in [0.29, 0.717) is 18.4 Å². The number of nitrogens with two attached hydrogens (primary N) is 1. The Balaban J connectivity index is 1.98. The zero-order chi connectivity index (χ0) is 12.3. The van der Waals surface area contributed by atoms with Crippen molar-refractivity contribution in [2.75, 3.05) is 24.2 Å². The quantitative estimate of drug-likeness (QED) is 0.701. The minimum Gasteiger partial charge on any atom is -0.397 e.